The van der Waals surface area contributed by atoms with Gasteiger partial charge in [-0.05, 0) is 126 Å². The minimum atomic E-state index is -0.0327. The van der Waals surface area contributed by atoms with E-state index in [4.69, 9.17) is 21.9 Å². The quantitative estimate of drug-likeness (QED) is 0.161. The van der Waals surface area contributed by atoms with Crippen molar-refractivity contribution < 1.29 is 9.53 Å². The van der Waals surface area contributed by atoms with Crippen LogP contribution in [0.3, 0.4) is 0 Å². The number of hydrogen-bond donors (Lipinski definition) is 3. The number of nitrogens with zero attached hydrogens (tertiary/aromatic N) is 3. The molecule has 248 valence electrons. The molecule has 8 nitrogen and oxygen atoms in total. The summed E-state index contributed by atoms with van der Waals surface area (Å²) in [5.74, 6) is 0.0530. The highest BCUT2D eigenvalue weighted by molar-refractivity contribution is 5.72. The maximum Gasteiger partial charge on any atom is 0.309 e. The third kappa shape index (κ3) is 15.8. The number of piperidine rings is 1. The Morgan fingerprint density at radius 3 is 1.53 bits per heavy atom. The summed E-state index contributed by atoms with van der Waals surface area (Å²) in [7, 11) is 4.10. The Balaban J connectivity index is 0.000000244. The molecule has 45 heavy (non-hydrogen) atoms. The van der Waals surface area contributed by atoms with Crippen LogP contribution in [-0.2, 0) is 29.2 Å². The number of esters is 1. The van der Waals surface area contributed by atoms with E-state index in [9.17, 15) is 4.79 Å². The summed E-state index contributed by atoms with van der Waals surface area (Å²) in [6.07, 6.45) is 4.23. The molecule has 0 aliphatic carbocycles. The lowest BCUT2D eigenvalue weighted by Gasteiger charge is -2.30. The van der Waals surface area contributed by atoms with Crippen molar-refractivity contribution in [3.8, 4) is 0 Å². The number of benzene rings is 3. The summed E-state index contributed by atoms with van der Waals surface area (Å²) in [4.78, 5) is 18.6. The van der Waals surface area contributed by atoms with Crippen LogP contribution in [0.2, 0.25) is 0 Å². The van der Waals surface area contributed by atoms with E-state index in [1.165, 1.54) is 42.6 Å². The number of anilines is 3. The van der Waals surface area contributed by atoms with E-state index in [0.29, 0.717) is 6.61 Å². The number of likely N-dealkylation sites (tertiary alicyclic amines) is 1. The summed E-state index contributed by atoms with van der Waals surface area (Å²) in [6.45, 7) is 14.0. The van der Waals surface area contributed by atoms with Crippen LogP contribution in [0.4, 0.5) is 17.1 Å². The lowest BCUT2D eigenvalue weighted by Crippen LogP contribution is -2.36. The van der Waals surface area contributed by atoms with Crippen molar-refractivity contribution in [2.24, 2.45) is 5.92 Å². The average molecular weight is 619 g/mol. The molecule has 0 radical (unpaired) electrons. The molecule has 4 rings (SSSR count). The summed E-state index contributed by atoms with van der Waals surface area (Å²) in [6, 6.07) is 24.1. The molecule has 0 unspecified atom stereocenters. The Kier molecular flexibility index (Phi) is 17.7. The zero-order valence-corrected chi connectivity index (χ0v) is 28.4. The molecule has 8 heteroatoms. The van der Waals surface area contributed by atoms with Gasteiger partial charge in [0.05, 0.1) is 12.5 Å². The van der Waals surface area contributed by atoms with Crippen LogP contribution in [0.5, 0.6) is 0 Å². The Labute approximate surface area is 272 Å². The van der Waals surface area contributed by atoms with Gasteiger partial charge in [-0.1, -0.05) is 50.2 Å². The van der Waals surface area contributed by atoms with Crippen LogP contribution in [0.1, 0.15) is 63.1 Å². The van der Waals surface area contributed by atoms with Crippen molar-refractivity contribution >= 4 is 23.0 Å². The highest BCUT2D eigenvalue weighted by Gasteiger charge is 2.25. The molecule has 3 aromatic rings. The number of nitrogen functional groups attached to an aromatic ring is 3. The molecule has 3 aromatic carbocycles. The Bertz CT molecular complexity index is 1190. The molecule has 0 atom stereocenters. The molecular formula is C37H58N6O2. The minimum absolute atomic E-state index is 0.0327. The number of carbonyl (C=O) groups is 1. The molecule has 1 aliphatic heterocycles. The summed E-state index contributed by atoms with van der Waals surface area (Å²) < 4.78 is 5.08. The van der Waals surface area contributed by atoms with E-state index in [0.717, 1.165) is 62.6 Å². The average Bonchev–Trinajstić information content (AvgIpc) is 3.02. The van der Waals surface area contributed by atoms with Gasteiger partial charge in [-0.15, -0.1) is 0 Å². The molecule has 0 spiro atoms. The van der Waals surface area contributed by atoms with E-state index in [-0.39, 0.29) is 11.9 Å². The SMILES string of the molecule is CCCN(CCC)Cc1ccc(N)cc1.CCOC(=O)C1CCN(Cc2ccc(N)cc2)CC1.CN(C)Cc1ccc(N)cc1. The van der Waals surface area contributed by atoms with Crippen molar-refractivity contribution in [1.82, 2.24) is 14.7 Å². The molecule has 0 saturated carbocycles. The van der Waals surface area contributed by atoms with E-state index in [2.05, 4.69) is 79.0 Å². The monoisotopic (exact) mass is 618 g/mol. The number of carbonyl (C=O) groups excluding carboxylic acids is 1. The van der Waals surface area contributed by atoms with E-state index < -0.39 is 0 Å². The first-order valence-electron chi connectivity index (χ1n) is 16.4. The second-order valence-corrected chi connectivity index (χ2v) is 12.0. The van der Waals surface area contributed by atoms with Crippen LogP contribution >= 0.6 is 0 Å². The fraction of sp³-hybridized carbons (Fsp3) is 0.486. The first-order valence-corrected chi connectivity index (χ1v) is 16.4. The van der Waals surface area contributed by atoms with Gasteiger partial charge in [0.1, 0.15) is 0 Å². The predicted octanol–water partition coefficient (Wildman–Crippen LogP) is 6.27. The third-order valence-corrected chi connectivity index (χ3v) is 7.54. The van der Waals surface area contributed by atoms with Gasteiger partial charge < -0.3 is 26.8 Å². The van der Waals surface area contributed by atoms with Gasteiger partial charge >= 0.3 is 5.97 Å². The molecule has 0 amide bonds. The zero-order valence-electron chi connectivity index (χ0n) is 28.4. The number of rotatable bonds is 12. The van der Waals surface area contributed by atoms with Crippen molar-refractivity contribution in [3.05, 3.63) is 89.5 Å². The topological polar surface area (TPSA) is 114 Å². The minimum Gasteiger partial charge on any atom is -0.466 e. The van der Waals surface area contributed by atoms with E-state index in [1.807, 2.05) is 43.3 Å². The number of ether oxygens (including phenoxy) is 1. The smallest absolute Gasteiger partial charge is 0.309 e. The van der Waals surface area contributed by atoms with Gasteiger partial charge in [0.15, 0.2) is 0 Å². The molecule has 1 aliphatic rings. The van der Waals surface area contributed by atoms with Crippen LogP contribution in [0.25, 0.3) is 0 Å². The van der Waals surface area contributed by atoms with Gasteiger partial charge in [0, 0.05) is 36.7 Å². The third-order valence-electron chi connectivity index (χ3n) is 7.54. The first kappa shape index (κ1) is 37.6. The fourth-order valence-electron chi connectivity index (χ4n) is 5.24. The Hall–Kier alpha value is -3.59. The van der Waals surface area contributed by atoms with Gasteiger partial charge in [-0.2, -0.15) is 0 Å². The van der Waals surface area contributed by atoms with Crippen molar-refractivity contribution in [2.45, 2.75) is 66.1 Å². The summed E-state index contributed by atoms with van der Waals surface area (Å²) >= 11 is 0. The maximum absolute atomic E-state index is 11.6. The standard InChI is InChI=1S/C15H22N2O2.C13H22N2.C9H14N2/c1-2-19-15(18)13-7-9-17(10-8-13)11-12-3-5-14(16)6-4-12;1-3-9-15(10-4-2)11-12-5-7-13(14)8-6-12;1-11(2)7-8-3-5-9(10)6-4-8/h3-6,13H,2,7-11,16H2,1H3;5-8H,3-4,9-11,14H2,1-2H3;3-6H,7,10H2,1-2H3. The summed E-state index contributed by atoms with van der Waals surface area (Å²) in [5, 5.41) is 0. The van der Waals surface area contributed by atoms with Crippen molar-refractivity contribution in [3.63, 3.8) is 0 Å². The molecule has 0 aromatic heterocycles. The van der Waals surface area contributed by atoms with Crippen LogP contribution < -0.4 is 17.2 Å². The lowest BCUT2D eigenvalue weighted by atomic mass is 9.96. The molecular weight excluding hydrogens is 560 g/mol. The number of hydrogen-bond acceptors (Lipinski definition) is 8. The van der Waals surface area contributed by atoms with Gasteiger partial charge in [-0.25, -0.2) is 0 Å². The van der Waals surface area contributed by atoms with Gasteiger partial charge in [-0.3, -0.25) is 14.6 Å². The fourth-order valence-corrected chi connectivity index (χ4v) is 5.24. The number of nitrogens with two attached hydrogens (primary N) is 3. The second kappa shape index (κ2) is 21.2. The van der Waals surface area contributed by atoms with Gasteiger partial charge in [0.2, 0.25) is 0 Å². The van der Waals surface area contributed by atoms with Crippen molar-refractivity contribution in [1.29, 1.82) is 0 Å². The highest BCUT2D eigenvalue weighted by atomic mass is 16.5. The Morgan fingerprint density at radius 2 is 1.13 bits per heavy atom. The van der Waals surface area contributed by atoms with E-state index in [1.54, 1.807) is 0 Å². The Morgan fingerprint density at radius 1 is 0.711 bits per heavy atom. The normalized spacial score (nSPS) is 13.5. The maximum atomic E-state index is 11.6. The first-order chi connectivity index (χ1) is 21.6. The lowest BCUT2D eigenvalue weighted by molar-refractivity contribution is -0.149. The van der Waals surface area contributed by atoms with Crippen LogP contribution in [-0.4, -0.2) is 67.6 Å². The van der Waals surface area contributed by atoms with Crippen LogP contribution in [0.15, 0.2) is 72.8 Å². The second-order valence-electron chi connectivity index (χ2n) is 12.0. The molecule has 0 bridgehead atoms. The zero-order chi connectivity index (χ0) is 33.0. The molecule has 1 heterocycles. The van der Waals surface area contributed by atoms with E-state index >= 15 is 0 Å². The van der Waals surface area contributed by atoms with Crippen LogP contribution in [0, 0.1) is 5.92 Å². The van der Waals surface area contributed by atoms with Crippen molar-refractivity contribution in [2.75, 3.05) is 64.1 Å². The summed E-state index contributed by atoms with van der Waals surface area (Å²) in [5.41, 5.74) is 23.3. The van der Waals surface area contributed by atoms with Gasteiger partial charge in [0.25, 0.3) is 0 Å². The molecule has 1 fully saturated rings. The largest absolute Gasteiger partial charge is 0.466 e. The molecule has 6 N–H and O–H groups in total. The highest BCUT2D eigenvalue weighted by Crippen LogP contribution is 2.20. The predicted molar refractivity (Wildman–Crippen MR) is 190 cm³/mol. The molecule has 1 saturated heterocycles.